The van der Waals surface area contributed by atoms with Gasteiger partial charge in [0.25, 0.3) is 0 Å². The normalized spacial score (nSPS) is 17.9. The number of benzene rings is 2. The number of epoxide rings is 1. The molecule has 0 aromatic heterocycles. The Hall–Kier alpha value is -1.53. The van der Waals surface area contributed by atoms with Crippen LogP contribution in [0.4, 0.5) is 0 Å². The molecule has 3 nitrogen and oxygen atoms in total. The minimum atomic E-state index is -0.861. The molecule has 1 fully saturated rings. The second kappa shape index (κ2) is 11.3. The van der Waals surface area contributed by atoms with Crippen LogP contribution in [-0.4, -0.2) is 36.0 Å². The van der Waals surface area contributed by atoms with Gasteiger partial charge in [0.1, 0.15) is 6.10 Å². The van der Waals surface area contributed by atoms with Crippen molar-refractivity contribution in [3.05, 3.63) is 71.3 Å². The summed E-state index contributed by atoms with van der Waals surface area (Å²) >= 11 is 0. The summed E-state index contributed by atoms with van der Waals surface area (Å²) < 4.78 is 5.31. The Labute approximate surface area is 174 Å². The number of aliphatic carboxylic acids is 1. The summed E-state index contributed by atoms with van der Waals surface area (Å²) in [5.41, 5.74) is 3.74. The number of carboxylic acid groups (broad SMARTS) is 1. The average molecular weight is 360 g/mol. The second-order valence-corrected chi connectivity index (χ2v) is 7.12. The van der Waals surface area contributed by atoms with Gasteiger partial charge in [-0.25, -0.2) is 4.79 Å². The molecule has 0 spiro atoms. The summed E-state index contributed by atoms with van der Waals surface area (Å²) in [6.45, 7) is 0. The van der Waals surface area contributed by atoms with E-state index in [1.807, 2.05) is 18.2 Å². The predicted octanol–water partition coefficient (Wildman–Crippen LogP) is 4.69. The average Bonchev–Trinajstić information content (AvgIpc) is 3.46. The fraction of sp³-hybridized carbons (Fsp3) is 0.435. The summed E-state index contributed by atoms with van der Waals surface area (Å²) in [7, 11) is 0. The van der Waals surface area contributed by atoms with E-state index >= 15 is 0 Å². The Morgan fingerprint density at radius 2 is 1.41 bits per heavy atom. The van der Waals surface area contributed by atoms with Crippen molar-refractivity contribution < 1.29 is 14.6 Å². The zero-order valence-corrected chi connectivity index (χ0v) is 15.3. The third kappa shape index (κ3) is 6.85. The molecular formula is C23H29LiO3. The molecular weight excluding hydrogens is 331 g/mol. The molecule has 1 aliphatic rings. The monoisotopic (exact) mass is 360 g/mol. The van der Waals surface area contributed by atoms with Gasteiger partial charge in [-0.15, -0.1) is 0 Å². The molecule has 0 bridgehead atoms. The van der Waals surface area contributed by atoms with Crippen LogP contribution in [0.25, 0.3) is 0 Å². The molecule has 1 saturated heterocycles. The molecule has 1 aliphatic heterocycles. The molecule has 1 heterocycles. The first kappa shape index (κ1) is 21.8. The second-order valence-electron chi connectivity index (χ2n) is 7.12. The number of carboxylic acids is 1. The van der Waals surface area contributed by atoms with Crippen molar-refractivity contribution in [2.45, 2.75) is 63.6 Å². The standard InChI is InChI=1S/C23H28O3.Li.H/c24-23(25)22-21(26-22)20-17-11-10-16-19(20)15-9-4-2-1-3-6-12-18-13-7-5-8-14-18;;/h5,7-8,10-11,13-14,16-17,21-22H,1-4,6,9,12,15H2,(H,24,25);;/t21-,22+;;/m1../s1. The Morgan fingerprint density at radius 3 is 2.07 bits per heavy atom. The molecule has 2 aromatic rings. The van der Waals surface area contributed by atoms with Gasteiger partial charge in [0, 0.05) is 0 Å². The van der Waals surface area contributed by atoms with Gasteiger partial charge in [0.2, 0.25) is 0 Å². The van der Waals surface area contributed by atoms with Crippen molar-refractivity contribution in [3.63, 3.8) is 0 Å². The van der Waals surface area contributed by atoms with Crippen molar-refractivity contribution in [3.8, 4) is 0 Å². The molecule has 1 N–H and O–H groups in total. The Balaban J connectivity index is 0.00000261. The van der Waals surface area contributed by atoms with E-state index in [0.29, 0.717) is 0 Å². The fourth-order valence-corrected chi connectivity index (χ4v) is 3.57. The number of rotatable bonds is 11. The summed E-state index contributed by atoms with van der Waals surface area (Å²) in [6, 6.07) is 18.8. The molecule has 0 aliphatic carbocycles. The topological polar surface area (TPSA) is 49.8 Å². The number of unbranched alkanes of at least 4 members (excludes halogenated alkanes) is 5. The molecule has 3 rings (SSSR count). The van der Waals surface area contributed by atoms with Crippen LogP contribution in [0.2, 0.25) is 0 Å². The summed E-state index contributed by atoms with van der Waals surface area (Å²) in [4.78, 5) is 11.0. The van der Waals surface area contributed by atoms with Gasteiger partial charge in [-0.2, -0.15) is 0 Å². The maximum atomic E-state index is 11.0. The van der Waals surface area contributed by atoms with Crippen LogP contribution < -0.4 is 0 Å². The number of aryl methyl sites for hydroxylation is 2. The molecule has 0 unspecified atom stereocenters. The number of hydrogen-bond donors (Lipinski definition) is 1. The van der Waals surface area contributed by atoms with Crippen LogP contribution in [0.5, 0.6) is 0 Å². The molecule has 0 radical (unpaired) electrons. The molecule has 27 heavy (non-hydrogen) atoms. The SMILES string of the molecule is O=C(O)[C@H]1O[C@@H]1c1ccccc1CCCCCCCCc1ccccc1.[LiH]. The van der Waals surface area contributed by atoms with E-state index in [1.54, 1.807) is 0 Å². The van der Waals surface area contributed by atoms with E-state index in [-0.39, 0.29) is 25.0 Å². The van der Waals surface area contributed by atoms with Gasteiger partial charge in [0.05, 0.1) is 0 Å². The van der Waals surface area contributed by atoms with Gasteiger partial charge in [-0.05, 0) is 42.4 Å². The molecule has 0 amide bonds. The molecule has 2 atom stereocenters. The van der Waals surface area contributed by atoms with Crippen LogP contribution in [0.3, 0.4) is 0 Å². The first-order valence-corrected chi connectivity index (χ1v) is 9.75. The van der Waals surface area contributed by atoms with Gasteiger partial charge in [-0.1, -0.05) is 80.3 Å². The van der Waals surface area contributed by atoms with E-state index in [0.717, 1.165) is 18.4 Å². The van der Waals surface area contributed by atoms with Crippen LogP contribution >= 0.6 is 0 Å². The van der Waals surface area contributed by atoms with Crippen molar-refractivity contribution >= 4 is 24.8 Å². The minimum absolute atomic E-state index is 0. The zero-order chi connectivity index (χ0) is 18.2. The number of ether oxygens (including phenoxy) is 1. The first-order valence-electron chi connectivity index (χ1n) is 9.75. The third-order valence-corrected chi connectivity index (χ3v) is 5.10. The van der Waals surface area contributed by atoms with E-state index in [9.17, 15) is 4.79 Å². The van der Waals surface area contributed by atoms with Crippen molar-refractivity contribution in [1.29, 1.82) is 0 Å². The molecule has 2 aromatic carbocycles. The summed E-state index contributed by atoms with van der Waals surface area (Å²) in [6.07, 6.45) is 8.79. The zero-order valence-electron chi connectivity index (χ0n) is 15.3. The quantitative estimate of drug-likeness (QED) is 0.359. The van der Waals surface area contributed by atoms with Gasteiger partial charge in [0.15, 0.2) is 6.10 Å². The number of hydrogen-bond acceptors (Lipinski definition) is 2. The summed E-state index contributed by atoms with van der Waals surface area (Å²) in [5, 5.41) is 9.04. The van der Waals surface area contributed by atoms with Gasteiger partial charge >= 0.3 is 24.8 Å². The van der Waals surface area contributed by atoms with Crippen LogP contribution in [-0.2, 0) is 22.4 Å². The van der Waals surface area contributed by atoms with Crippen LogP contribution in [0, 0.1) is 0 Å². The van der Waals surface area contributed by atoms with Crippen molar-refractivity contribution in [2.75, 3.05) is 0 Å². The third-order valence-electron chi connectivity index (χ3n) is 5.10. The predicted molar refractivity (Wildman–Crippen MR) is 110 cm³/mol. The molecule has 0 saturated carbocycles. The van der Waals surface area contributed by atoms with E-state index < -0.39 is 12.1 Å². The Bertz CT molecular complexity index is 702. The van der Waals surface area contributed by atoms with E-state index in [2.05, 4.69) is 36.4 Å². The van der Waals surface area contributed by atoms with E-state index in [4.69, 9.17) is 9.84 Å². The fourth-order valence-electron chi connectivity index (χ4n) is 3.57. The molecule has 140 valence electrons. The van der Waals surface area contributed by atoms with Gasteiger partial charge in [-0.3, -0.25) is 0 Å². The van der Waals surface area contributed by atoms with Gasteiger partial charge < -0.3 is 9.84 Å². The van der Waals surface area contributed by atoms with Crippen molar-refractivity contribution in [2.24, 2.45) is 0 Å². The van der Waals surface area contributed by atoms with Crippen LogP contribution in [0.15, 0.2) is 54.6 Å². The van der Waals surface area contributed by atoms with Crippen molar-refractivity contribution in [1.82, 2.24) is 0 Å². The van der Waals surface area contributed by atoms with E-state index in [1.165, 1.54) is 49.7 Å². The first-order chi connectivity index (χ1) is 12.8. The number of carbonyl (C=O) groups is 1. The molecule has 4 heteroatoms. The summed E-state index contributed by atoms with van der Waals surface area (Å²) in [5.74, 6) is -0.861. The van der Waals surface area contributed by atoms with Crippen LogP contribution in [0.1, 0.15) is 61.3 Å². The Morgan fingerprint density at radius 1 is 0.815 bits per heavy atom. The Kier molecular flexibility index (Phi) is 9.14. The maximum absolute atomic E-state index is 11.0.